The van der Waals surface area contributed by atoms with Crippen molar-refractivity contribution in [1.82, 2.24) is 9.88 Å². The maximum absolute atomic E-state index is 13.6. The summed E-state index contributed by atoms with van der Waals surface area (Å²) in [5, 5.41) is 12.4. The zero-order chi connectivity index (χ0) is 25.4. The molecule has 0 aliphatic carbocycles. The van der Waals surface area contributed by atoms with Gasteiger partial charge in [-0.2, -0.15) is 0 Å². The number of carboxylic acid groups (broad SMARTS) is 1. The summed E-state index contributed by atoms with van der Waals surface area (Å²) in [7, 11) is 0. The van der Waals surface area contributed by atoms with Gasteiger partial charge in [-0.15, -0.1) is 0 Å². The zero-order valence-electron chi connectivity index (χ0n) is 20.7. The van der Waals surface area contributed by atoms with Crippen molar-refractivity contribution in [3.63, 3.8) is 0 Å². The predicted molar refractivity (Wildman–Crippen MR) is 138 cm³/mol. The Morgan fingerprint density at radius 2 is 1.69 bits per heavy atom. The van der Waals surface area contributed by atoms with Crippen molar-refractivity contribution in [2.24, 2.45) is 0 Å². The molecule has 184 valence electrons. The standard InChI is InChI=1S/C29H34N2O4/c1-4-5-11-26(28(34)30-25(18-27(32)33)23-14-12-20(2)13-15-23)31-19-21(3)16-24(29(31)35)17-22-9-7-6-8-10-22/h6-10,12-16,19,25-26H,4-5,11,17-18H2,1-3H3,(H,30,34)(H,32,33)/t25-,26-/m0/s1. The van der Waals surface area contributed by atoms with Crippen LogP contribution in [-0.2, 0) is 16.0 Å². The molecule has 6 heteroatoms. The molecule has 0 bridgehead atoms. The Bertz CT molecular complexity index is 1200. The summed E-state index contributed by atoms with van der Waals surface area (Å²) in [4.78, 5) is 38.6. The fourth-order valence-electron chi connectivity index (χ4n) is 4.28. The molecule has 2 N–H and O–H groups in total. The SMILES string of the molecule is CCCC[C@@H](C(=O)N[C@@H](CC(=O)O)c1ccc(C)cc1)n1cc(C)cc(Cc2ccccc2)c1=O. The van der Waals surface area contributed by atoms with Crippen molar-refractivity contribution in [3.05, 3.63) is 105 Å². The highest BCUT2D eigenvalue weighted by Crippen LogP contribution is 2.22. The summed E-state index contributed by atoms with van der Waals surface area (Å²) < 4.78 is 1.53. The Morgan fingerprint density at radius 3 is 2.31 bits per heavy atom. The number of nitrogens with one attached hydrogen (secondary N) is 1. The average Bonchev–Trinajstić information content (AvgIpc) is 2.82. The fraction of sp³-hybridized carbons (Fsp3) is 0.345. The zero-order valence-corrected chi connectivity index (χ0v) is 20.7. The van der Waals surface area contributed by atoms with Gasteiger partial charge in [0.2, 0.25) is 5.91 Å². The minimum Gasteiger partial charge on any atom is -0.481 e. The summed E-state index contributed by atoms with van der Waals surface area (Å²) in [5.41, 5.74) is 4.13. The maximum atomic E-state index is 13.6. The number of pyridine rings is 1. The van der Waals surface area contributed by atoms with Crippen LogP contribution in [0.5, 0.6) is 0 Å². The second kappa shape index (κ2) is 12.2. The van der Waals surface area contributed by atoms with Crippen LogP contribution in [0.15, 0.2) is 71.7 Å². The molecule has 0 spiro atoms. The van der Waals surface area contributed by atoms with Gasteiger partial charge in [0, 0.05) is 18.2 Å². The van der Waals surface area contributed by atoms with Gasteiger partial charge in [0.05, 0.1) is 12.5 Å². The van der Waals surface area contributed by atoms with Gasteiger partial charge >= 0.3 is 5.97 Å². The van der Waals surface area contributed by atoms with Crippen LogP contribution in [0.2, 0.25) is 0 Å². The third-order valence-electron chi connectivity index (χ3n) is 6.14. The molecule has 0 unspecified atom stereocenters. The predicted octanol–water partition coefficient (Wildman–Crippen LogP) is 5.12. The van der Waals surface area contributed by atoms with Crippen molar-refractivity contribution < 1.29 is 14.7 Å². The van der Waals surface area contributed by atoms with Gasteiger partial charge in [-0.25, -0.2) is 0 Å². The quantitative estimate of drug-likeness (QED) is 0.404. The number of rotatable bonds is 11. The van der Waals surface area contributed by atoms with E-state index in [4.69, 9.17) is 0 Å². The van der Waals surface area contributed by atoms with Crippen LogP contribution >= 0.6 is 0 Å². The van der Waals surface area contributed by atoms with E-state index in [1.807, 2.05) is 81.4 Å². The second-order valence-corrected chi connectivity index (χ2v) is 9.15. The summed E-state index contributed by atoms with van der Waals surface area (Å²) in [5.74, 6) is -1.34. The fourth-order valence-corrected chi connectivity index (χ4v) is 4.28. The first-order valence-electron chi connectivity index (χ1n) is 12.1. The molecular formula is C29H34N2O4. The molecule has 1 aromatic heterocycles. The Balaban J connectivity index is 1.95. The van der Waals surface area contributed by atoms with E-state index in [1.165, 1.54) is 4.57 Å². The number of carboxylic acids is 1. The van der Waals surface area contributed by atoms with Gasteiger partial charge in [-0.1, -0.05) is 79.9 Å². The second-order valence-electron chi connectivity index (χ2n) is 9.15. The number of aryl methyl sites for hydroxylation is 2. The molecule has 3 rings (SSSR count). The lowest BCUT2D eigenvalue weighted by atomic mass is 10.0. The third-order valence-corrected chi connectivity index (χ3v) is 6.14. The molecule has 3 aromatic rings. The summed E-state index contributed by atoms with van der Waals surface area (Å²) in [6.45, 7) is 5.90. The minimum absolute atomic E-state index is 0.194. The van der Waals surface area contributed by atoms with Gasteiger partial charge in [0.1, 0.15) is 6.04 Å². The van der Waals surface area contributed by atoms with Crippen LogP contribution < -0.4 is 10.9 Å². The largest absolute Gasteiger partial charge is 0.481 e. The van der Waals surface area contributed by atoms with Crippen molar-refractivity contribution >= 4 is 11.9 Å². The lowest BCUT2D eigenvalue weighted by Crippen LogP contribution is -2.40. The lowest BCUT2D eigenvalue weighted by Gasteiger charge is -2.24. The van der Waals surface area contributed by atoms with E-state index in [0.717, 1.165) is 35.1 Å². The normalized spacial score (nSPS) is 12.7. The number of carbonyl (C=O) groups is 2. The van der Waals surface area contributed by atoms with E-state index in [-0.39, 0.29) is 17.9 Å². The Morgan fingerprint density at radius 1 is 1.00 bits per heavy atom. The van der Waals surface area contributed by atoms with Crippen molar-refractivity contribution in [2.45, 2.75) is 65.0 Å². The maximum Gasteiger partial charge on any atom is 0.305 e. The van der Waals surface area contributed by atoms with Crippen molar-refractivity contribution in [1.29, 1.82) is 0 Å². The van der Waals surface area contributed by atoms with Crippen LogP contribution in [0.3, 0.4) is 0 Å². The number of carbonyl (C=O) groups excluding carboxylic acids is 1. The molecular weight excluding hydrogens is 440 g/mol. The molecule has 1 heterocycles. The molecule has 0 fully saturated rings. The first kappa shape index (κ1) is 25.9. The third kappa shape index (κ3) is 7.15. The van der Waals surface area contributed by atoms with Crippen LogP contribution in [0.25, 0.3) is 0 Å². The highest BCUT2D eigenvalue weighted by molar-refractivity contribution is 5.81. The van der Waals surface area contributed by atoms with Gasteiger partial charge in [0.15, 0.2) is 0 Å². The van der Waals surface area contributed by atoms with E-state index in [0.29, 0.717) is 18.4 Å². The van der Waals surface area contributed by atoms with Crippen molar-refractivity contribution in [2.75, 3.05) is 0 Å². The van der Waals surface area contributed by atoms with Gasteiger partial charge in [-0.3, -0.25) is 14.4 Å². The Kier molecular flexibility index (Phi) is 9.01. The van der Waals surface area contributed by atoms with E-state index >= 15 is 0 Å². The summed E-state index contributed by atoms with van der Waals surface area (Å²) in [6.07, 6.45) is 4.10. The first-order valence-corrected chi connectivity index (χ1v) is 12.1. The van der Waals surface area contributed by atoms with Crippen LogP contribution in [-0.4, -0.2) is 21.6 Å². The Labute approximate surface area is 206 Å². The number of amides is 1. The highest BCUT2D eigenvalue weighted by atomic mass is 16.4. The lowest BCUT2D eigenvalue weighted by molar-refractivity contribution is -0.137. The molecule has 2 aromatic carbocycles. The molecule has 0 saturated heterocycles. The number of nitrogens with zero attached hydrogens (tertiary/aromatic N) is 1. The van der Waals surface area contributed by atoms with Crippen LogP contribution in [0.1, 0.15) is 72.5 Å². The molecule has 0 radical (unpaired) electrons. The number of aromatic nitrogens is 1. The van der Waals surface area contributed by atoms with Crippen LogP contribution in [0.4, 0.5) is 0 Å². The molecule has 2 atom stereocenters. The minimum atomic E-state index is -1.00. The molecule has 0 aliphatic heterocycles. The number of aliphatic carboxylic acids is 1. The monoisotopic (exact) mass is 474 g/mol. The molecule has 1 amide bonds. The number of unbranched alkanes of at least 4 members (excludes halogenated alkanes) is 1. The van der Waals surface area contributed by atoms with Crippen LogP contribution in [0, 0.1) is 13.8 Å². The summed E-state index contributed by atoms with van der Waals surface area (Å²) >= 11 is 0. The van der Waals surface area contributed by atoms with E-state index < -0.39 is 18.1 Å². The van der Waals surface area contributed by atoms with E-state index in [9.17, 15) is 19.5 Å². The van der Waals surface area contributed by atoms with Gasteiger partial charge < -0.3 is 15.0 Å². The number of benzene rings is 2. The molecule has 35 heavy (non-hydrogen) atoms. The molecule has 0 aliphatic rings. The molecule has 0 saturated carbocycles. The number of hydrogen-bond acceptors (Lipinski definition) is 3. The smallest absolute Gasteiger partial charge is 0.305 e. The first-order chi connectivity index (χ1) is 16.8. The van der Waals surface area contributed by atoms with Gasteiger partial charge in [-0.05, 0) is 43.0 Å². The van der Waals surface area contributed by atoms with E-state index in [1.54, 1.807) is 6.20 Å². The topological polar surface area (TPSA) is 88.4 Å². The van der Waals surface area contributed by atoms with Crippen molar-refractivity contribution in [3.8, 4) is 0 Å². The Hall–Kier alpha value is -3.67. The summed E-state index contributed by atoms with van der Waals surface area (Å²) in [6, 6.07) is 17.7. The highest BCUT2D eigenvalue weighted by Gasteiger charge is 2.26. The number of hydrogen-bond donors (Lipinski definition) is 2. The average molecular weight is 475 g/mol. The van der Waals surface area contributed by atoms with Gasteiger partial charge in [0.25, 0.3) is 5.56 Å². The van der Waals surface area contributed by atoms with E-state index in [2.05, 4.69) is 5.32 Å². The molecule has 6 nitrogen and oxygen atoms in total.